The van der Waals surface area contributed by atoms with E-state index in [0.717, 1.165) is 30.9 Å². The average molecular weight is 276 g/mol. The van der Waals surface area contributed by atoms with Crippen molar-refractivity contribution >= 4 is 11.8 Å². The maximum absolute atomic E-state index is 12.2. The lowest BCUT2D eigenvalue weighted by molar-refractivity contribution is 0.166. The van der Waals surface area contributed by atoms with Gasteiger partial charge < -0.3 is 14.8 Å². The maximum Gasteiger partial charge on any atom is 0.415 e. The molecule has 0 saturated carbocycles. The molecule has 0 spiro atoms. The van der Waals surface area contributed by atoms with Gasteiger partial charge in [0.1, 0.15) is 12.4 Å². The van der Waals surface area contributed by atoms with E-state index in [4.69, 9.17) is 9.47 Å². The number of hydrogen-bond donors (Lipinski definition) is 1. The summed E-state index contributed by atoms with van der Waals surface area (Å²) in [4.78, 5) is 13.9. The lowest BCUT2D eigenvalue weighted by Crippen LogP contribution is -2.51. The second-order valence-corrected chi connectivity index (χ2v) is 5.63. The third-order valence-electron chi connectivity index (χ3n) is 4.45. The van der Waals surface area contributed by atoms with Gasteiger partial charge in [-0.25, -0.2) is 4.79 Å². The van der Waals surface area contributed by atoms with E-state index in [9.17, 15) is 4.79 Å². The molecule has 2 unspecified atom stereocenters. The fourth-order valence-electron chi connectivity index (χ4n) is 3.16. The molecule has 20 heavy (non-hydrogen) atoms. The molecule has 5 nitrogen and oxygen atoms in total. The molecule has 0 bridgehead atoms. The minimum Gasteiger partial charge on any atom is -0.497 e. The quantitative estimate of drug-likeness (QED) is 0.917. The number of anilines is 1. The Morgan fingerprint density at radius 2 is 2.15 bits per heavy atom. The Kier molecular flexibility index (Phi) is 3.30. The molecular weight excluding hydrogens is 256 g/mol. The van der Waals surface area contributed by atoms with Gasteiger partial charge in [0.05, 0.1) is 12.6 Å². The Morgan fingerprint density at radius 3 is 2.75 bits per heavy atom. The van der Waals surface area contributed by atoms with Crippen LogP contribution in [0.1, 0.15) is 13.3 Å². The highest BCUT2D eigenvalue weighted by atomic mass is 16.6. The number of ether oxygens (including phenoxy) is 2. The van der Waals surface area contributed by atoms with E-state index in [1.165, 1.54) is 0 Å². The molecule has 0 radical (unpaired) electrons. The van der Waals surface area contributed by atoms with Crippen LogP contribution in [-0.2, 0) is 4.74 Å². The van der Waals surface area contributed by atoms with E-state index in [0.29, 0.717) is 12.5 Å². The number of hydrogen-bond acceptors (Lipinski definition) is 4. The van der Waals surface area contributed by atoms with Crippen LogP contribution in [0.3, 0.4) is 0 Å². The van der Waals surface area contributed by atoms with Crippen LogP contribution in [0.4, 0.5) is 10.5 Å². The smallest absolute Gasteiger partial charge is 0.415 e. The van der Waals surface area contributed by atoms with Gasteiger partial charge in [0, 0.05) is 12.2 Å². The molecule has 5 heteroatoms. The predicted molar refractivity (Wildman–Crippen MR) is 76.2 cm³/mol. The lowest BCUT2D eigenvalue weighted by Gasteiger charge is -2.36. The normalized spacial score (nSPS) is 29.6. The van der Waals surface area contributed by atoms with Crippen molar-refractivity contribution in [2.45, 2.75) is 18.9 Å². The third-order valence-corrected chi connectivity index (χ3v) is 4.45. The number of carbonyl (C=O) groups excluding carboxylic acids is 1. The van der Waals surface area contributed by atoms with Crippen molar-refractivity contribution in [2.75, 3.05) is 31.7 Å². The van der Waals surface area contributed by atoms with E-state index in [1.807, 2.05) is 24.3 Å². The Labute approximate surface area is 118 Å². The predicted octanol–water partition coefficient (Wildman–Crippen LogP) is 2.02. The van der Waals surface area contributed by atoms with Crippen molar-refractivity contribution in [3.05, 3.63) is 24.3 Å². The van der Waals surface area contributed by atoms with Gasteiger partial charge in [-0.1, -0.05) is 0 Å². The summed E-state index contributed by atoms with van der Waals surface area (Å²) in [5, 5.41) is 3.37. The highest BCUT2D eigenvalue weighted by Crippen LogP contribution is 2.38. The van der Waals surface area contributed by atoms with Gasteiger partial charge in [0.25, 0.3) is 0 Å². The van der Waals surface area contributed by atoms with Crippen LogP contribution in [0.2, 0.25) is 0 Å². The van der Waals surface area contributed by atoms with Crippen molar-refractivity contribution in [1.82, 2.24) is 5.32 Å². The first-order chi connectivity index (χ1) is 9.65. The van der Waals surface area contributed by atoms with Crippen molar-refractivity contribution < 1.29 is 14.3 Å². The Hall–Kier alpha value is -1.75. The first kappa shape index (κ1) is 13.2. The SMILES string of the molecule is COc1ccc(N2C(=O)OCC2(C)C2CCNC2)cc1. The maximum atomic E-state index is 12.2. The molecule has 1 N–H and O–H groups in total. The Balaban J connectivity index is 1.92. The van der Waals surface area contributed by atoms with Gasteiger partial charge in [-0.15, -0.1) is 0 Å². The largest absolute Gasteiger partial charge is 0.497 e. The summed E-state index contributed by atoms with van der Waals surface area (Å²) >= 11 is 0. The standard InChI is InChI=1S/C15H20N2O3/c1-15(11-7-8-16-9-11)10-20-14(18)17(15)12-3-5-13(19-2)6-4-12/h3-6,11,16H,7-10H2,1-2H3. The summed E-state index contributed by atoms with van der Waals surface area (Å²) in [6.07, 6.45) is 0.810. The summed E-state index contributed by atoms with van der Waals surface area (Å²) < 4.78 is 10.5. The molecule has 1 aromatic rings. The number of carbonyl (C=O) groups is 1. The number of nitrogens with zero attached hydrogens (tertiary/aromatic N) is 1. The topological polar surface area (TPSA) is 50.8 Å². The summed E-state index contributed by atoms with van der Waals surface area (Å²) in [6.45, 7) is 4.49. The van der Waals surface area contributed by atoms with Crippen molar-refractivity contribution in [1.29, 1.82) is 0 Å². The van der Waals surface area contributed by atoms with Crippen molar-refractivity contribution in [3.8, 4) is 5.75 Å². The zero-order valence-electron chi connectivity index (χ0n) is 11.9. The minimum atomic E-state index is -0.283. The number of nitrogens with one attached hydrogen (secondary N) is 1. The summed E-state index contributed by atoms with van der Waals surface area (Å²) in [7, 11) is 1.63. The lowest BCUT2D eigenvalue weighted by atomic mass is 9.84. The van der Waals surface area contributed by atoms with E-state index < -0.39 is 0 Å². The molecular formula is C15H20N2O3. The molecule has 108 valence electrons. The minimum absolute atomic E-state index is 0.260. The summed E-state index contributed by atoms with van der Waals surface area (Å²) in [5.41, 5.74) is 0.581. The molecule has 1 amide bonds. The first-order valence-corrected chi connectivity index (χ1v) is 6.97. The molecule has 2 saturated heterocycles. The Morgan fingerprint density at radius 1 is 1.40 bits per heavy atom. The van der Waals surface area contributed by atoms with E-state index in [-0.39, 0.29) is 11.6 Å². The monoisotopic (exact) mass is 276 g/mol. The fourth-order valence-corrected chi connectivity index (χ4v) is 3.16. The molecule has 3 rings (SSSR count). The van der Waals surface area contributed by atoms with Crippen LogP contribution in [0.5, 0.6) is 5.75 Å². The number of amides is 1. The van der Waals surface area contributed by atoms with Crippen LogP contribution < -0.4 is 15.0 Å². The zero-order valence-corrected chi connectivity index (χ0v) is 11.9. The summed E-state index contributed by atoms with van der Waals surface area (Å²) in [5.74, 6) is 1.20. The molecule has 2 fully saturated rings. The van der Waals surface area contributed by atoms with Gasteiger partial charge in [0.2, 0.25) is 0 Å². The van der Waals surface area contributed by atoms with E-state index in [2.05, 4.69) is 12.2 Å². The highest BCUT2D eigenvalue weighted by molar-refractivity contribution is 5.91. The van der Waals surface area contributed by atoms with Gasteiger partial charge >= 0.3 is 6.09 Å². The van der Waals surface area contributed by atoms with Gasteiger partial charge in [-0.2, -0.15) is 0 Å². The number of benzene rings is 1. The average Bonchev–Trinajstić information content (AvgIpc) is 3.09. The second kappa shape index (κ2) is 4.98. The molecule has 2 aliphatic rings. The molecule has 2 atom stereocenters. The van der Waals surface area contributed by atoms with Crippen LogP contribution in [0.25, 0.3) is 0 Å². The van der Waals surface area contributed by atoms with E-state index >= 15 is 0 Å². The van der Waals surface area contributed by atoms with Crippen molar-refractivity contribution in [2.24, 2.45) is 5.92 Å². The highest BCUT2D eigenvalue weighted by Gasteiger charge is 2.50. The van der Waals surface area contributed by atoms with Gasteiger partial charge in [-0.05, 0) is 50.1 Å². The number of methoxy groups -OCH3 is 1. The Bertz CT molecular complexity index is 496. The molecule has 0 aromatic heterocycles. The molecule has 0 aliphatic carbocycles. The van der Waals surface area contributed by atoms with Crippen LogP contribution >= 0.6 is 0 Å². The second-order valence-electron chi connectivity index (χ2n) is 5.63. The third kappa shape index (κ3) is 2.02. The molecule has 2 aliphatic heterocycles. The van der Waals surface area contributed by atoms with Crippen LogP contribution in [0, 0.1) is 5.92 Å². The van der Waals surface area contributed by atoms with Gasteiger partial charge in [-0.3, -0.25) is 4.90 Å². The fraction of sp³-hybridized carbons (Fsp3) is 0.533. The molecule has 1 aromatic carbocycles. The molecule has 2 heterocycles. The number of rotatable bonds is 3. The zero-order chi connectivity index (χ0) is 14.2. The van der Waals surface area contributed by atoms with E-state index in [1.54, 1.807) is 12.0 Å². The van der Waals surface area contributed by atoms with Crippen molar-refractivity contribution in [3.63, 3.8) is 0 Å². The van der Waals surface area contributed by atoms with Gasteiger partial charge in [0.15, 0.2) is 0 Å². The summed E-state index contributed by atoms with van der Waals surface area (Å²) in [6, 6.07) is 7.56. The van der Waals surface area contributed by atoms with Crippen LogP contribution in [-0.4, -0.2) is 38.4 Å². The number of cyclic esters (lactones) is 1. The first-order valence-electron chi connectivity index (χ1n) is 6.97. The van der Waals surface area contributed by atoms with Crippen LogP contribution in [0.15, 0.2) is 24.3 Å².